The minimum Gasteiger partial charge on any atom is -0.205 e. The number of aryl methyl sites for hydroxylation is 1. The van der Waals surface area contributed by atoms with Gasteiger partial charge in [-0.2, -0.15) is 0 Å². The van der Waals surface area contributed by atoms with E-state index in [0.717, 1.165) is 16.7 Å². The van der Waals surface area contributed by atoms with Gasteiger partial charge in [-0.15, -0.1) is 11.3 Å². The van der Waals surface area contributed by atoms with Crippen LogP contribution in [0.25, 0.3) is 10.1 Å². The summed E-state index contributed by atoms with van der Waals surface area (Å²) in [6, 6.07) is 5.01. The van der Waals surface area contributed by atoms with E-state index in [1.807, 2.05) is 13.0 Å². The lowest BCUT2D eigenvalue weighted by atomic mass is 10.2. The fourth-order valence-electron chi connectivity index (χ4n) is 1.33. The molecule has 2 rings (SSSR count). The molecule has 0 aliphatic heterocycles. The molecule has 13 heavy (non-hydrogen) atoms. The van der Waals surface area contributed by atoms with Crippen molar-refractivity contribution in [2.75, 3.05) is 0 Å². The highest BCUT2D eigenvalue weighted by molar-refractivity contribution is 7.19. The van der Waals surface area contributed by atoms with E-state index in [4.69, 9.17) is 11.6 Å². The quantitative estimate of drug-likeness (QED) is 0.666. The minimum atomic E-state index is -0.177. The summed E-state index contributed by atoms with van der Waals surface area (Å²) in [7, 11) is 0. The van der Waals surface area contributed by atoms with Crippen molar-refractivity contribution in [3.63, 3.8) is 0 Å². The topological polar surface area (TPSA) is 0 Å². The number of hydrogen-bond donors (Lipinski definition) is 0. The second-order valence-corrected chi connectivity index (χ2v) is 4.29. The summed E-state index contributed by atoms with van der Waals surface area (Å²) in [6.07, 6.45) is 0.859. The van der Waals surface area contributed by atoms with Crippen LogP contribution in [-0.2, 0) is 6.42 Å². The highest BCUT2D eigenvalue weighted by Gasteiger charge is 2.10. The normalized spacial score (nSPS) is 11.0. The van der Waals surface area contributed by atoms with E-state index in [1.165, 1.54) is 17.4 Å². The molecule has 0 saturated carbocycles. The first-order valence-corrected chi connectivity index (χ1v) is 5.29. The Morgan fingerprint density at radius 2 is 2.23 bits per heavy atom. The van der Waals surface area contributed by atoms with Crippen LogP contribution in [0.2, 0.25) is 5.02 Å². The molecule has 0 N–H and O–H groups in total. The molecule has 0 nitrogen and oxygen atoms in total. The summed E-state index contributed by atoms with van der Waals surface area (Å²) in [6.45, 7) is 2.02. The molecule has 0 amide bonds. The van der Waals surface area contributed by atoms with Crippen LogP contribution in [0.3, 0.4) is 0 Å². The smallest absolute Gasteiger partial charge is 0.141 e. The largest absolute Gasteiger partial charge is 0.205 e. The zero-order valence-electron chi connectivity index (χ0n) is 7.10. The standard InChI is InChI=1S/C10H8ClFS/c1-2-8-9(11)6-4-3-5-7(12)10(6)13-8/h3-5H,2H2,1H3. The molecular weight excluding hydrogens is 207 g/mol. The first-order valence-electron chi connectivity index (χ1n) is 4.09. The molecule has 0 unspecified atom stereocenters. The lowest BCUT2D eigenvalue weighted by Crippen LogP contribution is -1.71. The molecule has 0 atom stereocenters. The average Bonchev–Trinajstić information content (AvgIpc) is 2.45. The Morgan fingerprint density at radius 3 is 2.85 bits per heavy atom. The number of benzene rings is 1. The molecule has 0 saturated heterocycles. The third kappa shape index (κ3) is 1.34. The summed E-state index contributed by atoms with van der Waals surface area (Å²) in [5, 5.41) is 1.55. The molecule has 1 aromatic heterocycles. The van der Waals surface area contributed by atoms with Gasteiger partial charge in [-0.25, -0.2) is 4.39 Å². The van der Waals surface area contributed by atoms with Gasteiger partial charge in [-0.3, -0.25) is 0 Å². The van der Waals surface area contributed by atoms with Crippen molar-refractivity contribution < 1.29 is 4.39 Å². The number of fused-ring (bicyclic) bond motifs is 1. The van der Waals surface area contributed by atoms with E-state index < -0.39 is 0 Å². The van der Waals surface area contributed by atoms with Crippen LogP contribution in [0, 0.1) is 5.82 Å². The second kappa shape index (κ2) is 3.28. The van der Waals surface area contributed by atoms with Crippen molar-refractivity contribution in [1.29, 1.82) is 0 Å². The molecule has 0 fully saturated rings. The summed E-state index contributed by atoms with van der Waals surface area (Å²) < 4.78 is 13.9. The predicted molar refractivity (Wildman–Crippen MR) is 56.2 cm³/mol. The predicted octanol–water partition coefficient (Wildman–Crippen LogP) is 4.26. The number of rotatable bonds is 1. The fraction of sp³-hybridized carbons (Fsp3) is 0.200. The summed E-state index contributed by atoms with van der Waals surface area (Å²) in [5.74, 6) is -0.177. The van der Waals surface area contributed by atoms with Crippen LogP contribution in [0.1, 0.15) is 11.8 Å². The molecule has 1 heterocycles. The summed E-state index contributed by atoms with van der Waals surface area (Å²) in [5.41, 5.74) is 0. The Labute approximate surface area is 85.0 Å². The van der Waals surface area contributed by atoms with Gasteiger partial charge in [0.2, 0.25) is 0 Å². The van der Waals surface area contributed by atoms with Crippen molar-refractivity contribution in [2.24, 2.45) is 0 Å². The Morgan fingerprint density at radius 1 is 1.46 bits per heavy atom. The zero-order chi connectivity index (χ0) is 9.42. The number of hydrogen-bond acceptors (Lipinski definition) is 1. The Hall–Kier alpha value is -0.600. The molecule has 3 heteroatoms. The van der Waals surface area contributed by atoms with Crippen LogP contribution >= 0.6 is 22.9 Å². The van der Waals surface area contributed by atoms with Gasteiger partial charge in [0.05, 0.1) is 9.72 Å². The van der Waals surface area contributed by atoms with Gasteiger partial charge in [0.15, 0.2) is 0 Å². The van der Waals surface area contributed by atoms with Gasteiger partial charge in [0.25, 0.3) is 0 Å². The molecule has 0 radical (unpaired) electrons. The maximum absolute atomic E-state index is 13.3. The van der Waals surface area contributed by atoms with Gasteiger partial charge in [-0.1, -0.05) is 30.7 Å². The van der Waals surface area contributed by atoms with Crippen LogP contribution in [0.5, 0.6) is 0 Å². The molecule has 2 aromatic rings. The third-order valence-corrected chi connectivity index (χ3v) is 3.90. The minimum absolute atomic E-state index is 0.177. The Balaban J connectivity index is 2.83. The highest BCUT2D eigenvalue weighted by atomic mass is 35.5. The molecule has 0 aliphatic rings. The van der Waals surface area contributed by atoms with Crippen molar-refractivity contribution in [2.45, 2.75) is 13.3 Å². The van der Waals surface area contributed by atoms with Crippen molar-refractivity contribution in [1.82, 2.24) is 0 Å². The average molecular weight is 215 g/mol. The van der Waals surface area contributed by atoms with Crippen LogP contribution in [0.4, 0.5) is 4.39 Å². The first-order chi connectivity index (χ1) is 6.24. The molecule has 0 bridgehead atoms. The fourth-order valence-corrected chi connectivity index (χ4v) is 2.83. The van der Waals surface area contributed by atoms with E-state index in [1.54, 1.807) is 6.07 Å². The first kappa shape index (κ1) is 8.97. The van der Waals surface area contributed by atoms with Crippen LogP contribution < -0.4 is 0 Å². The lowest BCUT2D eigenvalue weighted by Gasteiger charge is -1.90. The van der Waals surface area contributed by atoms with Gasteiger partial charge in [-0.05, 0) is 12.5 Å². The van der Waals surface area contributed by atoms with Crippen molar-refractivity contribution >= 4 is 33.0 Å². The molecule has 68 valence electrons. The van der Waals surface area contributed by atoms with E-state index in [-0.39, 0.29) is 5.82 Å². The zero-order valence-corrected chi connectivity index (χ0v) is 8.68. The molecule has 0 spiro atoms. The van der Waals surface area contributed by atoms with Crippen molar-refractivity contribution in [3.8, 4) is 0 Å². The van der Waals surface area contributed by atoms with Gasteiger partial charge < -0.3 is 0 Å². The van der Waals surface area contributed by atoms with Gasteiger partial charge in [0, 0.05) is 10.3 Å². The van der Waals surface area contributed by atoms with E-state index in [9.17, 15) is 4.39 Å². The second-order valence-electron chi connectivity index (χ2n) is 2.81. The summed E-state index contributed by atoms with van der Waals surface area (Å²) in [4.78, 5) is 1.06. The monoisotopic (exact) mass is 214 g/mol. The van der Waals surface area contributed by atoms with Gasteiger partial charge >= 0.3 is 0 Å². The Kier molecular flexibility index (Phi) is 2.26. The molecule has 0 aliphatic carbocycles. The third-order valence-electron chi connectivity index (χ3n) is 1.99. The lowest BCUT2D eigenvalue weighted by molar-refractivity contribution is 0.642. The highest BCUT2D eigenvalue weighted by Crippen LogP contribution is 2.36. The van der Waals surface area contributed by atoms with Crippen LogP contribution in [0.15, 0.2) is 18.2 Å². The van der Waals surface area contributed by atoms with Gasteiger partial charge in [0.1, 0.15) is 5.82 Å². The van der Waals surface area contributed by atoms with E-state index in [2.05, 4.69) is 0 Å². The maximum atomic E-state index is 13.3. The molecule has 1 aromatic carbocycles. The number of halogens is 2. The van der Waals surface area contributed by atoms with E-state index in [0.29, 0.717) is 9.72 Å². The SMILES string of the molecule is CCc1sc2c(F)cccc2c1Cl. The van der Waals surface area contributed by atoms with E-state index >= 15 is 0 Å². The van der Waals surface area contributed by atoms with Crippen molar-refractivity contribution in [3.05, 3.63) is 33.9 Å². The summed E-state index contributed by atoms with van der Waals surface area (Å²) >= 11 is 7.52. The maximum Gasteiger partial charge on any atom is 0.141 e. The molecular formula is C10H8ClFS. The number of thiophene rings is 1. The Bertz CT molecular complexity index is 447. The van der Waals surface area contributed by atoms with Crippen LogP contribution in [-0.4, -0.2) is 0 Å².